The fourth-order valence-corrected chi connectivity index (χ4v) is 4.30. The van der Waals surface area contributed by atoms with E-state index in [4.69, 9.17) is 0 Å². The van der Waals surface area contributed by atoms with Gasteiger partial charge in [-0.25, -0.2) is 18.4 Å². The van der Waals surface area contributed by atoms with E-state index in [9.17, 15) is 8.42 Å². The first-order valence-electron chi connectivity index (χ1n) is 8.78. The maximum atomic E-state index is 12.1. The molecular weight excluding hydrogens is 397 g/mol. The number of anilines is 1. The molecule has 1 aromatic heterocycles. The van der Waals surface area contributed by atoms with Gasteiger partial charge < -0.3 is 15.5 Å². The molecule has 0 saturated carbocycles. The van der Waals surface area contributed by atoms with Gasteiger partial charge in [0, 0.05) is 31.8 Å². The molecule has 0 aromatic carbocycles. The highest BCUT2D eigenvalue weighted by Gasteiger charge is 2.25. The smallest absolute Gasteiger partial charge is 0.222 e. The molecule has 0 aliphatic carbocycles. The van der Waals surface area contributed by atoms with Gasteiger partial charge in [-0.05, 0) is 45.3 Å². The molecule has 0 radical (unpaired) electrons. The second-order valence-electron chi connectivity index (χ2n) is 6.73. The van der Waals surface area contributed by atoms with Crippen molar-refractivity contribution in [1.82, 2.24) is 20.2 Å². The van der Waals surface area contributed by atoms with Gasteiger partial charge in [0.2, 0.25) is 5.95 Å². The SMILES string of the molecule is CS(=O)(=O)c1cnc(NCCN2CCCC2)nc1C1CCCNC1.Cl.Cl. The molecule has 150 valence electrons. The number of nitrogens with one attached hydrogen (secondary N) is 2. The van der Waals surface area contributed by atoms with E-state index in [0.29, 0.717) is 11.6 Å². The minimum absolute atomic E-state index is 0. The summed E-state index contributed by atoms with van der Waals surface area (Å²) < 4.78 is 24.1. The zero-order chi connectivity index (χ0) is 17.0. The maximum Gasteiger partial charge on any atom is 0.222 e. The Bertz CT molecular complexity index is 663. The van der Waals surface area contributed by atoms with Gasteiger partial charge in [-0.3, -0.25) is 0 Å². The van der Waals surface area contributed by atoms with Crippen LogP contribution in [-0.4, -0.2) is 68.8 Å². The number of hydrogen-bond acceptors (Lipinski definition) is 7. The Kier molecular flexibility index (Phi) is 9.54. The third-order valence-electron chi connectivity index (χ3n) is 4.78. The van der Waals surface area contributed by atoms with E-state index in [-0.39, 0.29) is 35.6 Å². The molecule has 2 N–H and O–H groups in total. The molecule has 1 atom stereocenters. The molecular formula is C16H29Cl2N5O2S. The zero-order valence-corrected chi connectivity index (χ0v) is 17.6. The molecule has 1 aromatic rings. The first-order chi connectivity index (χ1) is 11.5. The summed E-state index contributed by atoms with van der Waals surface area (Å²) in [5, 5.41) is 6.58. The fourth-order valence-electron chi connectivity index (χ4n) is 3.46. The third kappa shape index (κ3) is 6.20. The van der Waals surface area contributed by atoms with Crippen molar-refractivity contribution in [2.45, 2.75) is 36.5 Å². The summed E-state index contributed by atoms with van der Waals surface area (Å²) in [6.45, 7) is 5.82. The maximum absolute atomic E-state index is 12.1. The average molecular weight is 426 g/mol. The summed E-state index contributed by atoms with van der Waals surface area (Å²) in [7, 11) is -3.32. The number of piperidine rings is 1. The van der Waals surface area contributed by atoms with Gasteiger partial charge in [0.15, 0.2) is 9.84 Å². The molecule has 0 amide bonds. The topological polar surface area (TPSA) is 87.2 Å². The number of nitrogens with zero attached hydrogens (tertiary/aromatic N) is 3. The largest absolute Gasteiger partial charge is 0.353 e. The summed E-state index contributed by atoms with van der Waals surface area (Å²) in [4.78, 5) is 11.5. The summed E-state index contributed by atoms with van der Waals surface area (Å²) in [6.07, 6.45) is 7.24. The van der Waals surface area contributed by atoms with Crippen molar-refractivity contribution in [2.24, 2.45) is 0 Å². The Labute approximate surface area is 168 Å². The lowest BCUT2D eigenvalue weighted by atomic mass is 9.96. The van der Waals surface area contributed by atoms with Crippen LogP contribution < -0.4 is 10.6 Å². The van der Waals surface area contributed by atoms with E-state index >= 15 is 0 Å². The molecule has 0 bridgehead atoms. The highest BCUT2D eigenvalue weighted by atomic mass is 35.5. The van der Waals surface area contributed by atoms with Crippen LogP contribution in [0.1, 0.15) is 37.3 Å². The third-order valence-corrected chi connectivity index (χ3v) is 5.89. The van der Waals surface area contributed by atoms with Gasteiger partial charge in [-0.2, -0.15) is 0 Å². The normalized spacial score (nSPS) is 20.9. The lowest BCUT2D eigenvalue weighted by Gasteiger charge is -2.24. The highest BCUT2D eigenvalue weighted by molar-refractivity contribution is 7.90. The van der Waals surface area contributed by atoms with Crippen LogP contribution in [0.5, 0.6) is 0 Å². The molecule has 2 aliphatic rings. The number of rotatable bonds is 6. The lowest BCUT2D eigenvalue weighted by Crippen LogP contribution is -2.30. The van der Waals surface area contributed by atoms with Gasteiger partial charge in [0.25, 0.3) is 0 Å². The minimum atomic E-state index is -3.32. The predicted octanol–water partition coefficient (Wildman–Crippen LogP) is 1.70. The molecule has 3 rings (SSSR count). The Morgan fingerprint density at radius 2 is 2.00 bits per heavy atom. The van der Waals surface area contributed by atoms with E-state index in [1.165, 1.54) is 25.3 Å². The molecule has 26 heavy (non-hydrogen) atoms. The summed E-state index contributed by atoms with van der Waals surface area (Å²) in [6, 6.07) is 0. The van der Waals surface area contributed by atoms with Gasteiger partial charge in [0.1, 0.15) is 4.90 Å². The summed E-state index contributed by atoms with van der Waals surface area (Å²) >= 11 is 0. The Morgan fingerprint density at radius 1 is 1.27 bits per heavy atom. The van der Waals surface area contributed by atoms with Crippen molar-refractivity contribution in [1.29, 1.82) is 0 Å². The van der Waals surface area contributed by atoms with Crippen molar-refractivity contribution in [2.75, 3.05) is 50.8 Å². The van der Waals surface area contributed by atoms with Gasteiger partial charge in [-0.15, -0.1) is 24.8 Å². The van der Waals surface area contributed by atoms with Gasteiger partial charge in [0.05, 0.1) is 11.9 Å². The zero-order valence-electron chi connectivity index (χ0n) is 15.1. The van der Waals surface area contributed by atoms with Crippen molar-refractivity contribution in [3.05, 3.63) is 11.9 Å². The standard InChI is InChI=1S/C16H27N5O2S.2ClH/c1-24(22,23)14-12-19-16(18-7-10-21-8-2-3-9-21)20-15(14)13-5-4-6-17-11-13;;/h12-13,17H,2-11H2,1H3,(H,18,19,20);2*1H. The molecule has 2 saturated heterocycles. The van der Waals surface area contributed by atoms with Crippen LogP contribution in [0.3, 0.4) is 0 Å². The van der Waals surface area contributed by atoms with Crippen molar-refractivity contribution >= 4 is 40.6 Å². The average Bonchev–Trinajstić information content (AvgIpc) is 3.08. The van der Waals surface area contributed by atoms with E-state index in [0.717, 1.165) is 52.1 Å². The molecule has 3 heterocycles. The van der Waals surface area contributed by atoms with E-state index in [2.05, 4.69) is 25.5 Å². The monoisotopic (exact) mass is 425 g/mol. The van der Waals surface area contributed by atoms with Crippen molar-refractivity contribution in [3.63, 3.8) is 0 Å². The van der Waals surface area contributed by atoms with Gasteiger partial charge >= 0.3 is 0 Å². The van der Waals surface area contributed by atoms with E-state index in [1.54, 1.807) is 0 Å². The first kappa shape index (κ1) is 23.4. The number of aromatic nitrogens is 2. The Balaban J connectivity index is 0.00000169. The van der Waals surface area contributed by atoms with Crippen LogP contribution in [0.25, 0.3) is 0 Å². The number of sulfone groups is 1. The highest BCUT2D eigenvalue weighted by Crippen LogP contribution is 2.27. The molecule has 2 aliphatic heterocycles. The number of hydrogen-bond donors (Lipinski definition) is 2. The van der Waals surface area contributed by atoms with Crippen LogP contribution in [0.2, 0.25) is 0 Å². The minimum Gasteiger partial charge on any atom is -0.353 e. The van der Waals surface area contributed by atoms with Crippen molar-refractivity contribution in [3.8, 4) is 0 Å². The summed E-state index contributed by atoms with van der Waals surface area (Å²) in [5.41, 5.74) is 0.656. The molecule has 2 fully saturated rings. The van der Waals surface area contributed by atoms with E-state index in [1.807, 2.05) is 0 Å². The van der Waals surface area contributed by atoms with Crippen LogP contribution in [0.4, 0.5) is 5.95 Å². The quantitative estimate of drug-likeness (QED) is 0.716. The lowest BCUT2D eigenvalue weighted by molar-refractivity contribution is 0.352. The molecule has 1 unspecified atom stereocenters. The van der Waals surface area contributed by atoms with Crippen molar-refractivity contribution < 1.29 is 8.42 Å². The van der Waals surface area contributed by atoms with Crippen LogP contribution in [0.15, 0.2) is 11.1 Å². The molecule has 10 heteroatoms. The Morgan fingerprint density at radius 3 is 2.62 bits per heavy atom. The second kappa shape index (κ2) is 10.6. The number of halogens is 2. The molecule has 7 nitrogen and oxygen atoms in total. The fraction of sp³-hybridized carbons (Fsp3) is 0.750. The number of likely N-dealkylation sites (tertiary alicyclic amines) is 1. The second-order valence-corrected chi connectivity index (χ2v) is 8.72. The predicted molar refractivity (Wildman–Crippen MR) is 109 cm³/mol. The summed E-state index contributed by atoms with van der Waals surface area (Å²) in [5.74, 6) is 0.660. The van der Waals surface area contributed by atoms with Crippen LogP contribution in [-0.2, 0) is 9.84 Å². The van der Waals surface area contributed by atoms with Crippen LogP contribution in [0, 0.1) is 0 Å². The van der Waals surface area contributed by atoms with Gasteiger partial charge in [-0.1, -0.05) is 0 Å². The van der Waals surface area contributed by atoms with E-state index < -0.39 is 9.84 Å². The molecule has 0 spiro atoms. The van der Waals surface area contributed by atoms with Crippen LogP contribution >= 0.6 is 24.8 Å². The first-order valence-corrected chi connectivity index (χ1v) is 10.7. The Hall–Kier alpha value is -0.670.